The first-order valence-electron chi connectivity index (χ1n) is 4.51. The minimum Gasteiger partial charge on any atom is -0.465 e. The molecule has 0 amide bonds. The maximum atomic E-state index is 11.5. The van der Waals surface area contributed by atoms with Gasteiger partial charge in [0.2, 0.25) is 0 Å². The molecule has 0 bridgehead atoms. The smallest absolute Gasteiger partial charge is 0.338 e. The van der Waals surface area contributed by atoms with E-state index in [0.29, 0.717) is 5.56 Å². The lowest BCUT2D eigenvalue weighted by Crippen LogP contribution is -2.14. The van der Waals surface area contributed by atoms with Crippen LogP contribution in [-0.4, -0.2) is 13.1 Å². The van der Waals surface area contributed by atoms with E-state index in [1.165, 1.54) is 7.11 Å². The molecule has 0 aliphatic heterocycles. The van der Waals surface area contributed by atoms with E-state index in [4.69, 9.17) is 10.5 Å². The van der Waals surface area contributed by atoms with E-state index in [1.54, 1.807) is 0 Å². The van der Waals surface area contributed by atoms with E-state index < -0.39 is 0 Å². The monoisotopic (exact) mass is 193 g/mol. The summed E-state index contributed by atoms with van der Waals surface area (Å²) in [5.74, 6) is -0.324. The van der Waals surface area contributed by atoms with Crippen LogP contribution in [0.15, 0.2) is 18.2 Å². The average Bonchev–Trinajstić information content (AvgIpc) is 2.16. The van der Waals surface area contributed by atoms with Crippen LogP contribution in [0.3, 0.4) is 0 Å². The highest BCUT2D eigenvalue weighted by atomic mass is 16.5. The molecular formula is C11H15NO2. The second kappa shape index (κ2) is 4.24. The Morgan fingerprint density at radius 3 is 2.64 bits per heavy atom. The Balaban J connectivity index is 3.29. The van der Waals surface area contributed by atoms with Gasteiger partial charge in [-0.05, 0) is 25.0 Å². The van der Waals surface area contributed by atoms with Gasteiger partial charge in [0.1, 0.15) is 0 Å². The standard InChI is InChI=1S/C11H15NO2/c1-7-5-4-6-9(8(2)12)10(7)11(13)14-3/h4-6,8H,12H2,1-3H3/t8-/m1/s1. The van der Waals surface area contributed by atoms with Crippen molar-refractivity contribution in [1.29, 1.82) is 0 Å². The Hall–Kier alpha value is -1.35. The zero-order valence-corrected chi connectivity index (χ0v) is 8.70. The number of carbonyl (C=O) groups excluding carboxylic acids is 1. The van der Waals surface area contributed by atoms with Crippen LogP contribution in [0, 0.1) is 6.92 Å². The number of hydrogen-bond acceptors (Lipinski definition) is 3. The van der Waals surface area contributed by atoms with Gasteiger partial charge in [0.15, 0.2) is 0 Å². The lowest BCUT2D eigenvalue weighted by molar-refractivity contribution is 0.0598. The zero-order chi connectivity index (χ0) is 10.7. The molecule has 1 aromatic carbocycles. The normalized spacial score (nSPS) is 12.3. The number of nitrogens with two attached hydrogens (primary N) is 1. The molecule has 2 N–H and O–H groups in total. The van der Waals surface area contributed by atoms with E-state index in [1.807, 2.05) is 32.0 Å². The van der Waals surface area contributed by atoms with Crippen molar-refractivity contribution in [2.45, 2.75) is 19.9 Å². The van der Waals surface area contributed by atoms with Gasteiger partial charge in [0.25, 0.3) is 0 Å². The van der Waals surface area contributed by atoms with Crippen molar-refractivity contribution in [2.75, 3.05) is 7.11 Å². The molecule has 3 heteroatoms. The summed E-state index contributed by atoms with van der Waals surface area (Å²) < 4.78 is 4.71. The second-order valence-corrected chi connectivity index (χ2v) is 3.32. The summed E-state index contributed by atoms with van der Waals surface area (Å²) >= 11 is 0. The van der Waals surface area contributed by atoms with Gasteiger partial charge in [-0.25, -0.2) is 4.79 Å². The van der Waals surface area contributed by atoms with Gasteiger partial charge in [0.05, 0.1) is 12.7 Å². The number of carbonyl (C=O) groups is 1. The van der Waals surface area contributed by atoms with Crippen molar-refractivity contribution in [3.8, 4) is 0 Å². The molecule has 14 heavy (non-hydrogen) atoms. The van der Waals surface area contributed by atoms with Gasteiger partial charge >= 0.3 is 5.97 Å². The van der Waals surface area contributed by atoms with E-state index in [-0.39, 0.29) is 12.0 Å². The Morgan fingerprint density at radius 1 is 1.50 bits per heavy atom. The van der Waals surface area contributed by atoms with Crippen LogP contribution in [0.2, 0.25) is 0 Å². The minimum absolute atomic E-state index is 0.163. The molecular weight excluding hydrogens is 178 g/mol. The van der Waals surface area contributed by atoms with Crippen LogP contribution >= 0.6 is 0 Å². The molecule has 0 unspecified atom stereocenters. The van der Waals surface area contributed by atoms with Crippen LogP contribution in [0.4, 0.5) is 0 Å². The minimum atomic E-state index is -0.324. The largest absolute Gasteiger partial charge is 0.465 e. The molecule has 0 heterocycles. The van der Waals surface area contributed by atoms with Crippen LogP contribution in [0.1, 0.15) is 34.5 Å². The number of aryl methyl sites for hydroxylation is 1. The molecule has 1 atom stereocenters. The molecule has 0 aliphatic carbocycles. The van der Waals surface area contributed by atoms with E-state index in [2.05, 4.69) is 0 Å². The molecule has 0 saturated heterocycles. The average molecular weight is 193 g/mol. The summed E-state index contributed by atoms with van der Waals surface area (Å²) in [5, 5.41) is 0. The van der Waals surface area contributed by atoms with Crippen molar-refractivity contribution in [2.24, 2.45) is 5.73 Å². The Morgan fingerprint density at radius 2 is 2.14 bits per heavy atom. The quantitative estimate of drug-likeness (QED) is 0.729. The molecule has 3 nitrogen and oxygen atoms in total. The highest BCUT2D eigenvalue weighted by Gasteiger charge is 2.16. The fourth-order valence-corrected chi connectivity index (χ4v) is 1.45. The molecule has 0 saturated carbocycles. The van der Waals surface area contributed by atoms with Gasteiger partial charge in [-0.3, -0.25) is 0 Å². The summed E-state index contributed by atoms with van der Waals surface area (Å²) in [4.78, 5) is 11.5. The molecule has 0 radical (unpaired) electrons. The molecule has 0 aromatic heterocycles. The Labute approximate surface area is 83.9 Å². The van der Waals surface area contributed by atoms with Crippen LogP contribution in [0.25, 0.3) is 0 Å². The number of methoxy groups -OCH3 is 1. The first kappa shape index (κ1) is 10.7. The fourth-order valence-electron chi connectivity index (χ4n) is 1.45. The number of hydrogen-bond donors (Lipinski definition) is 1. The summed E-state index contributed by atoms with van der Waals surface area (Å²) in [6.45, 7) is 3.72. The van der Waals surface area contributed by atoms with E-state index in [0.717, 1.165) is 11.1 Å². The predicted octanol–water partition coefficient (Wildman–Crippen LogP) is 1.80. The van der Waals surface area contributed by atoms with E-state index in [9.17, 15) is 4.79 Å². The van der Waals surface area contributed by atoms with E-state index >= 15 is 0 Å². The molecule has 76 valence electrons. The topological polar surface area (TPSA) is 52.3 Å². The number of benzene rings is 1. The van der Waals surface area contributed by atoms with Crippen LogP contribution in [-0.2, 0) is 4.74 Å². The van der Waals surface area contributed by atoms with Crippen molar-refractivity contribution < 1.29 is 9.53 Å². The number of esters is 1. The summed E-state index contributed by atoms with van der Waals surface area (Å²) in [6.07, 6.45) is 0. The number of ether oxygens (including phenoxy) is 1. The Bertz CT molecular complexity index is 345. The summed E-state index contributed by atoms with van der Waals surface area (Å²) in [5.41, 5.74) is 8.08. The fraction of sp³-hybridized carbons (Fsp3) is 0.364. The zero-order valence-electron chi connectivity index (χ0n) is 8.70. The van der Waals surface area contributed by atoms with Crippen molar-refractivity contribution in [3.05, 3.63) is 34.9 Å². The van der Waals surface area contributed by atoms with Gasteiger partial charge in [0, 0.05) is 6.04 Å². The number of rotatable bonds is 2. The molecule has 0 spiro atoms. The van der Waals surface area contributed by atoms with Gasteiger partial charge in [-0.15, -0.1) is 0 Å². The molecule has 0 fully saturated rings. The SMILES string of the molecule is COC(=O)c1c(C)cccc1[C@@H](C)N. The lowest BCUT2D eigenvalue weighted by atomic mass is 9.98. The summed E-state index contributed by atoms with van der Waals surface area (Å²) in [6, 6.07) is 5.45. The lowest BCUT2D eigenvalue weighted by Gasteiger charge is -2.13. The third kappa shape index (κ3) is 1.93. The Kier molecular flexibility index (Phi) is 3.25. The van der Waals surface area contributed by atoms with Crippen molar-refractivity contribution in [1.82, 2.24) is 0 Å². The van der Waals surface area contributed by atoms with Crippen molar-refractivity contribution in [3.63, 3.8) is 0 Å². The van der Waals surface area contributed by atoms with Gasteiger partial charge in [-0.2, -0.15) is 0 Å². The van der Waals surface area contributed by atoms with Crippen LogP contribution in [0.5, 0.6) is 0 Å². The molecule has 0 aliphatic rings. The molecule has 1 aromatic rings. The third-order valence-electron chi connectivity index (χ3n) is 2.19. The second-order valence-electron chi connectivity index (χ2n) is 3.32. The van der Waals surface area contributed by atoms with Gasteiger partial charge < -0.3 is 10.5 Å². The first-order chi connectivity index (χ1) is 6.57. The maximum absolute atomic E-state index is 11.5. The summed E-state index contributed by atoms with van der Waals surface area (Å²) in [7, 11) is 1.37. The van der Waals surface area contributed by atoms with Crippen molar-refractivity contribution >= 4 is 5.97 Å². The van der Waals surface area contributed by atoms with Crippen LogP contribution < -0.4 is 5.73 Å². The predicted molar refractivity (Wildman–Crippen MR) is 55.1 cm³/mol. The maximum Gasteiger partial charge on any atom is 0.338 e. The molecule has 1 rings (SSSR count). The highest BCUT2D eigenvalue weighted by Crippen LogP contribution is 2.20. The van der Waals surface area contributed by atoms with Gasteiger partial charge in [-0.1, -0.05) is 18.2 Å². The first-order valence-corrected chi connectivity index (χ1v) is 4.51. The third-order valence-corrected chi connectivity index (χ3v) is 2.19. The highest BCUT2D eigenvalue weighted by molar-refractivity contribution is 5.92.